The van der Waals surface area contributed by atoms with Gasteiger partial charge in [-0.05, 0) is 36.1 Å². The Hall–Kier alpha value is -1.09. The molecule has 3 heteroatoms. The predicted octanol–water partition coefficient (Wildman–Crippen LogP) is 4.42. The number of aliphatic carboxylic acids is 1. The van der Waals surface area contributed by atoms with E-state index in [1.807, 2.05) is 25.1 Å². The maximum Gasteiger partial charge on any atom is 0.307 e. The summed E-state index contributed by atoms with van der Waals surface area (Å²) < 4.78 is 1.06. The van der Waals surface area contributed by atoms with Gasteiger partial charge in [0.15, 0.2) is 0 Å². The number of halogens is 1. The average Bonchev–Trinajstić information content (AvgIpc) is 2.28. The fraction of sp³-hybridized carbons (Fsp3) is 0.357. The van der Waals surface area contributed by atoms with Crippen molar-refractivity contribution in [2.75, 3.05) is 0 Å². The van der Waals surface area contributed by atoms with Crippen molar-refractivity contribution < 1.29 is 9.90 Å². The van der Waals surface area contributed by atoms with Crippen molar-refractivity contribution in [2.45, 2.75) is 33.1 Å². The van der Waals surface area contributed by atoms with Crippen molar-refractivity contribution in [1.29, 1.82) is 0 Å². The molecule has 0 bridgehead atoms. The maximum absolute atomic E-state index is 10.6. The smallest absolute Gasteiger partial charge is 0.307 e. The number of benzene rings is 1. The van der Waals surface area contributed by atoms with E-state index in [1.54, 1.807) is 0 Å². The molecule has 17 heavy (non-hydrogen) atoms. The molecule has 0 saturated carbocycles. The number of carbonyl (C=O) groups is 1. The summed E-state index contributed by atoms with van der Waals surface area (Å²) in [5, 5.41) is 8.72. The molecule has 0 saturated heterocycles. The van der Waals surface area contributed by atoms with Crippen LogP contribution in [0.25, 0.3) is 5.57 Å². The van der Waals surface area contributed by atoms with E-state index < -0.39 is 5.97 Å². The second-order valence-corrected chi connectivity index (χ2v) is 4.90. The summed E-state index contributed by atoms with van der Waals surface area (Å²) in [7, 11) is 0. The van der Waals surface area contributed by atoms with Crippen molar-refractivity contribution in [1.82, 2.24) is 0 Å². The fourth-order valence-corrected chi connectivity index (χ4v) is 2.02. The van der Waals surface area contributed by atoms with Crippen LogP contribution in [0.5, 0.6) is 0 Å². The highest BCUT2D eigenvalue weighted by Crippen LogP contribution is 2.25. The second-order valence-electron chi connectivity index (χ2n) is 4.04. The minimum atomic E-state index is -0.787. The Morgan fingerprint density at radius 3 is 2.71 bits per heavy atom. The van der Waals surface area contributed by atoms with Gasteiger partial charge in [-0.1, -0.05) is 47.5 Å². The Morgan fingerprint density at radius 2 is 2.18 bits per heavy atom. The molecule has 0 aliphatic heterocycles. The molecular weight excluding hydrogens is 280 g/mol. The van der Waals surface area contributed by atoms with Crippen LogP contribution in [0, 0.1) is 6.92 Å². The Labute approximate surface area is 110 Å². The van der Waals surface area contributed by atoms with Gasteiger partial charge < -0.3 is 5.11 Å². The molecule has 0 unspecified atom stereocenters. The summed E-state index contributed by atoms with van der Waals surface area (Å²) in [4.78, 5) is 10.6. The zero-order chi connectivity index (χ0) is 12.8. The fourth-order valence-electron chi connectivity index (χ4n) is 1.64. The quantitative estimate of drug-likeness (QED) is 0.873. The van der Waals surface area contributed by atoms with Gasteiger partial charge in [-0.15, -0.1) is 0 Å². The van der Waals surface area contributed by atoms with Crippen molar-refractivity contribution in [3.63, 3.8) is 0 Å². The molecular formula is C14H17BrO2. The zero-order valence-electron chi connectivity index (χ0n) is 10.2. The molecule has 1 rings (SSSR count). The van der Waals surface area contributed by atoms with Crippen LogP contribution in [0.4, 0.5) is 0 Å². The van der Waals surface area contributed by atoms with Crippen molar-refractivity contribution >= 4 is 27.5 Å². The number of rotatable bonds is 5. The number of hydrogen-bond donors (Lipinski definition) is 1. The number of carboxylic acids is 1. The molecule has 92 valence electrons. The molecule has 0 spiro atoms. The molecule has 0 amide bonds. The summed E-state index contributed by atoms with van der Waals surface area (Å²) in [6.07, 6.45) is 3.81. The van der Waals surface area contributed by atoms with Gasteiger partial charge in [0.2, 0.25) is 0 Å². The number of aryl methyl sites for hydroxylation is 1. The molecule has 1 aromatic carbocycles. The first-order valence-corrected chi connectivity index (χ1v) is 6.51. The standard InChI is InChI=1S/C14H17BrO2/c1-3-4-11(7-8-14(16)17)12-6-5-10(2)13(15)9-12/h5-7,9H,3-4,8H2,1-2H3,(H,16,17)/b11-7+. The molecule has 0 radical (unpaired) electrons. The van der Waals surface area contributed by atoms with Crippen LogP contribution in [0.15, 0.2) is 28.7 Å². The Kier molecular flexibility index (Phi) is 5.42. The summed E-state index contributed by atoms with van der Waals surface area (Å²) in [6, 6.07) is 6.14. The van der Waals surface area contributed by atoms with Crippen LogP contribution in [-0.2, 0) is 4.79 Å². The first-order valence-electron chi connectivity index (χ1n) is 5.72. The number of carboxylic acid groups (broad SMARTS) is 1. The van der Waals surface area contributed by atoms with Gasteiger partial charge in [-0.3, -0.25) is 4.79 Å². The SMILES string of the molecule is CCC/C(=C\CC(=O)O)c1ccc(C)c(Br)c1. The van der Waals surface area contributed by atoms with Gasteiger partial charge in [0.05, 0.1) is 6.42 Å². The Balaban J connectivity index is 3.00. The van der Waals surface area contributed by atoms with E-state index in [-0.39, 0.29) is 6.42 Å². The third-order valence-corrected chi connectivity index (χ3v) is 3.44. The molecule has 0 aromatic heterocycles. The molecule has 1 N–H and O–H groups in total. The Bertz CT molecular complexity index is 436. The Morgan fingerprint density at radius 1 is 1.47 bits per heavy atom. The van der Waals surface area contributed by atoms with Crippen LogP contribution in [-0.4, -0.2) is 11.1 Å². The second kappa shape index (κ2) is 6.60. The van der Waals surface area contributed by atoms with Crippen molar-refractivity contribution in [3.8, 4) is 0 Å². The van der Waals surface area contributed by atoms with E-state index in [2.05, 4.69) is 28.9 Å². The zero-order valence-corrected chi connectivity index (χ0v) is 11.8. The minimum Gasteiger partial charge on any atom is -0.481 e. The molecule has 0 atom stereocenters. The van der Waals surface area contributed by atoms with E-state index in [1.165, 1.54) is 5.56 Å². The normalized spacial score (nSPS) is 11.6. The van der Waals surface area contributed by atoms with Gasteiger partial charge >= 0.3 is 5.97 Å². The first kappa shape index (κ1) is 14.0. The lowest BCUT2D eigenvalue weighted by Gasteiger charge is -2.08. The number of hydrogen-bond acceptors (Lipinski definition) is 1. The number of allylic oxidation sites excluding steroid dienone is 1. The predicted molar refractivity (Wildman–Crippen MR) is 74.0 cm³/mol. The lowest BCUT2D eigenvalue weighted by atomic mass is 9.99. The van der Waals surface area contributed by atoms with Gasteiger partial charge in [-0.25, -0.2) is 0 Å². The first-order chi connectivity index (χ1) is 8.04. The highest BCUT2D eigenvalue weighted by Gasteiger charge is 2.04. The van der Waals surface area contributed by atoms with Gasteiger partial charge in [0, 0.05) is 4.47 Å². The lowest BCUT2D eigenvalue weighted by Crippen LogP contribution is -1.93. The van der Waals surface area contributed by atoms with Crippen LogP contribution in [0.3, 0.4) is 0 Å². The summed E-state index contributed by atoms with van der Waals surface area (Å²) in [5.74, 6) is -0.787. The van der Waals surface area contributed by atoms with E-state index >= 15 is 0 Å². The van der Waals surface area contributed by atoms with Crippen LogP contribution in [0.1, 0.15) is 37.3 Å². The minimum absolute atomic E-state index is 0.0842. The van der Waals surface area contributed by atoms with E-state index in [4.69, 9.17) is 5.11 Å². The average molecular weight is 297 g/mol. The van der Waals surface area contributed by atoms with Crippen molar-refractivity contribution in [2.24, 2.45) is 0 Å². The van der Waals surface area contributed by atoms with Gasteiger partial charge in [0.1, 0.15) is 0 Å². The third-order valence-electron chi connectivity index (χ3n) is 2.59. The topological polar surface area (TPSA) is 37.3 Å². The van der Waals surface area contributed by atoms with E-state index in [0.29, 0.717) is 0 Å². The van der Waals surface area contributed by atoms with Crippen molar-refractivity contribution in [3.05, 3.63) is 39.9 Å². The third kappa shape index (κ3) is 4.35. The maximum atomic E-state index is 10.6. The monoisotopic (exact) mass is 296 g/mol. The molecule has 0 aliphatic rings. The lowest BCUT2D eigenvalue weighted by molar-refractivity contribution is -0.135. The summed E-state index contributed by atoms with van der Waals surface area (Å²) >= 11 is 3.50. The molecule has 0 heterocycles. The summed E-state index contributed by atoms with van der Waals surface area (Å²) in [6.45, 7) is 4.13. The highest BCUT2D eigenvalue weighted by atomic mass is 79.9. The largest absolute Gasteiger partial charge is 0.481 e. The van der Waals surface area contributed by atoms with Gasteiger partial charge in [0.25, 0.3) is 0 Å². The van der Waals surface area contributed by atoms with Crippen LogP contribution in [0.2, 0.25) is 0 Å². The summed E-state index contributed by atoms with van der Waals surface area (Å²) in [5.41, 5.74) is 3.39. The molecule has 1 aromatic rings. The highest BCUT2D eigenvalue weighted by molar-refractivity contribution is 9.10. The van der Waals surface area contributed by atoms with Crippen LogP contribution < -0.4 is 0 Å². The van der Waals surface area contributed by atoms with E-state index in [0.717, 1.165) is 28.5 Å². The molecule has 0 fully saturated rings. The van der Waals surface area contributed by atoms with Gasteiger partial charge in [-0.2, -0.15) is 0 Å². The molecule has 0 aliphatic carbocycles. The van der Waals surface area contributed by atoms with Crippen LogP contribution >= 0.6 is 15.9 Å². The molecule has 2 nitrogen and oxygen atoms in total. The van der Waals surface area contributed by atoms with E-state index in [9.17, 15) is 4.79 Å².